The van der Waals surface area contributed by atoms with E-state index < -0.39 is 0 Å². The lowest BCUT2D eigenvalue weighted by molar-refractivity contribution is -0.117. The summed E-state index contributed by atoms with van der Waals surface area (Å²) in [6.07, 6.45) is 0.624. The van der Waals surface area contributed by atoms with Crippen molar-refractivity contribution in [1.29, 1.82) is 0 Å². The summed E-state index contributed by atoms with van der Waals surface area (Å²) in [5.74, 6) is 0.318. The summed E-state index contributed by atoms with van der Waals surface area (Å²) < 4.78 is 0. The van der Waals surface area contributed by atoms with Gasteiger partial charge in [-0.2, -0.15) is 0 Å². The lowest BCUT2D eigenvalue weighted by atomic mass is 10.1. The molecule has 1 unspecified atom stereocenters. The second kappa shape index (κ2) is 5.36. The number of ketones is 1. The van der Waals surface area contributed by atoms with Crippen LogP contribution in [0.25, 0.3) is 0 Å². The Morgan fingerprint density at radius 2 is 2.00 bits per heavy atom. The van der Waals surface area contributed by atoms with Gasteiger partial charge in [-0.15, -0.1) is 11.8 Å². The number of hydrogen-bond acceptors (Lipinski definition) is 2. The normalized spacial score (nSPS) is 12.5. The van der Waals surface area contributed by atoms with Crippen molar-refractivity contribution in [3.8, 4) is 0 Å². The highest BCUT2D eigenvalue weighted by Crippen LogP contribution is 2.26. The minimum atomic E-state index is 0.0668. The van der Waals surface area contributed by atoms with Crippen LogP contribution in [0.3, 0.4) is 0 Å². The fourth-order valence-electron chi connectivity index (χ4n) is 1.34. The zero-order valence-electron chi connectivity index (χ0n) is 9.83. The summed E-state index contributed by atoms with van der Waals surface area (Å²) in [7, 11) is 0. The predicted molar refractivity (Wildman–Crippen MR) is 66.5 cm³/mol. The van der Waals surface area contributed by atoms with E-state index in [1.807, 2.05) is 13.8 Å². The fourth-order valence-corrected chi connectivity index (χ4v) is 2.44. The van der Waals surface area contributed by atoms with Crippen LogP contribution < -0.4 is 0 Å². The highest BCUT2D eigenvalue weighted by Gasteiger charge is 2.12. The molecule has 0 N–H and O–H groups in total. The molecule has 0 aliphatic rings. The maximum atomic E-state index is 11.4. The van der Waals surface area contributed by atoms with Crippen LogP contribution in [0.5, 0.6) is 0 Å². The molecular weight excluding hydrogens is 204 g/mol. The average Bonchev–Trinajstić information content (AvgIpc) is 2.22. The van der Waals surface area contributed by atoms with Crippen LogP contribution in [0.15, 0.2) is 23.1 Å². The molecule has 0 spiro atoms. The van der Waals surface area contributed by atoms with Crippen LogP contribution in [0, 0.1) is 13.8 Å². The van der Waals surface area contributed by atoms with Gasteiger partial charge in [-0.25, -0.2) is 0 Å². The van der Waals surface area contributed by atoms with Gasteiger partial charge in [0.15, 0.2) is 0 Å². The monoisotopic (exact) mass is 222 g/mol. The lowest BCUT2D eigenvalue weighted by Crippen LogP contribution is -2.11. The molecule has 0 bridgehead atoms. The van der Waals surface area contributed by atoms with Crippen LogP contribution in [-0.4, -0.2) is 11.0 Å². The van der Waals surface area contributed by atoms with E-state index in [0.717, 1.165) is 0 Å². The SMILES string of the molecule is CCC(=O)C(C)Sc1ccc(C)c(C)c1. The summed E-state index contributed by atoms with van der Waals surface area (Å²) in [6, 6.07) is 6.35. The van der Waals surface area contributed by atoms with Gasteiger partial charge in [0.1, 0.15) is 5.78 Å². The van der Waals surface area contributed by atoms with Gasteiger partial charge in [0.05, 0.1) is 5.25 Å². The van der Waals surface area contributed by atoms with E-state index >= 15 is 0 Å². The van der Waals surface area contributed by atoms with Gasteiger partial charge in [-0.05, 0) is 44.0 Å². The minimum absolute atomic E-state index is 0.0668. The molecule has 15 heavy (non-hydrogen) atoms. The van der Waals surface area contributed by atoms with Crippen molar-refractivity contribution in [2.45, 2.75) is 44.3 Å². The first-order chi connectivity index (χ1) is 7.04. The van der Waals surface area contributed by atoms with E-state index in [1.165, 1.54) is 16.0 Å². The van der Waals surface area contributed by atoms with Crippen molar-refractivity contribution in [3.05, 3.63) is 29.3 Å². The number of rotatable bonds is 4. The molecule has 0 saturated carbocycles. The third kappa shape index (κ3) is 3.38. The smallest absolute Gasteiger partial charge is 0.145 e. The highest BCUT2D eigenvalue weighted by atomic mass is 32.2. The molecule has 0 aliphatic heterocycles. The molecule has 0 aromatic heterocycles. The van der Waals surface area contributed by atoms with E-state index in [4.69, 9.17) is 0 Å². The van der Waals surface area contributed by atoms with E-state index in [0.29, 0.717) is 12.2 Å². The molecule has 1 atom stereocenters. The van der Waals surface area contributed by atoms with Gasteiger partial charge < -0.3 is 0 Å². The molecule has 1 aromatic carbocycles. The zero-order chi connectivity index (χ0) is 11.4. The Morgan fingerprint density at radius 3 is 2.53 bits per heavy atom. The Kier molecular flexibility index (Phi) is 4.40. The fraction of sp³-hybridized carbons (Fsp3) is 0.462. The summed E-state index contributed by atoms with van der Waals surface area (Å²) in [4.78, 5) is 12.6. The number of carbonyl (C=O) groups excluding carboxylic acids is 1. The molecule has 0 amide bonds. The number of carbonyl (C=O) groups is 1. The number of benzene rings is 1. The first-order valence-electron chi connectivity index (χ1n) is 5.31. The van der Waals surface area contributed by atoms with Gasteiger partial charge >= 0.3 is 0 Å². The van der Waals surface area contributed by atoms with Crippen molar-refractivity contribution in [1.82, 2.24) is 0 Å². The summed E-state index contributed by atoms with van der Waals surface area (Å²) in [5, 5.41) is 0.0668. The van der Waals surface area contributed by atoms with E-state index in [-0.39, 0.29) is 5.25 Å². The Balaban J connectivity index is 2.73. The van der Waals surface area contributed by atoms with Crippen LogP contribution in [0.2, 0.25) is 0 Å². The van der Waals surface area contributed by atoms with E-state index in [2.05, 4.69) is 32.0 Å². The molecule has 1 aromatic rings. The Bertz CT molecular complexity index is 358. The first-order valence-corrected chi connectivity index (χ1v) is 6.19. The standard InChI is InChI=1S/C13H18OS/c1-5-13(14)11(4)15-12-7-6-9(2)10(3)8-12/h6-8,11H,5H2,1-4H3. The van der Waals surface area contributed by atoms with Crippen molar-refractivity contribution >= 4 is 17.5 Å². The number of hydrogen-bond donors (Lipinski definition) is 0. The van der Waals surface area contributed by atoms with Gasteiger partial charge in [0.2, 0.25) is 0 Å². The third-order valence-electron chi connectivity index (χ3n) is 2.59. The zero-order valence-corrected chi connectivity index (χ0v) is 10.6. The maximum absolute atomic E-state index is 11.4. The lowest BCUT2D eigenvalue weighted by Gasteiger charge is -2.10. The first kappa shape index (κ1) is 12.3. The van der Waals surface area contributed by atoms with Crippen LogP contribution in [0.4, 0.5) is 0 Å². The van der Waals surface area contributed by atoms with Crippen LogP contribution in [0.1, 0.15) is 31.4 Å². The Morgan fingerprint density at radius 1 is 1.33 bits per heavy atom. The Labute approximate surface area is 96.3 Å². The van der Waals surface area contributed by atoms with Crippen LogP contribution in [-0.2, 0) is 4.79 Å². The van der Waals surface area contributed by atoms with Gasteiger partial charge in [0.25, 0.3) is 0 Å². The number of Topliss-reactive ketones (excluding diaryl/α,β-unsaturated/α-hetero) is 1. The molecule has 0 aliphatic carbocycles. The quantitative estimate of drug-likeness (QED) is 0.721. The topological polar surface area (TPSA) is 17.1 Å². The van der Waals surface area contributed by atoms with Gasteiger partial charge in [-0.1, -0.05) is 13.0 Å². The second-order valence-corrected chi connectivity index (χ2v) is 5.24. The molecule has 2 heteroatoms. The van der Waals surface area contributed by atoms with Gasteiger partial charge in [-0.3, -0.25) is 4.79 Å². The van der Waals surface area contributed by atoms with Crippen molar-refractivity contribution in [2.24, 2.45) is 0 Å². The summed E-state index contributed by atoms with van der Waals surface area (Å²) >= 11 is 1.65. The third-order valence-corrected chi connectivity index (χ3v) is 3.74. The average molecular weight is 222 g/mol. The molecule has 0 heterocycles. The molecule has 1 rings (SSSR count). The molecule has 1 nitrogen and oxygen atoms in total. The largest absolute Gasteiger partial charge is 0.298 e. The van der Waals surface area contributed by atoms with Crippen LogP contribution >= 0.6 is 11.8 Å². The van der Waals surface area contributed by atoms with Gasteiger partial charge in [0, 0.05) is 11.3 Å². The highest BCUT2D eigenvalue weighted by molar-refractivity contribution is 8.00. The minimum Gasteiger partial charge on any atom is -0.298 e. The second-order valence-electron chi connectivity index (χ2n) is 3.83. The molecule has 0 saturated heterocycles. The van der Waals surface area contributed by atoms with Crippen molar-refractivity contribution in [3.63, 3.8) is 0 Å². The summed E-state index contributed by atoms with van der Waals surface area (Å²) in [5.41, 5.74) is 2.59. The predicted octanol–water partition coefficient (Wildman–Crippen LogP) is 3.76. The molecule has 0 radical (unpaired) electrons. The molecule has 82 valence electrons. The summed E-state index contributed by atoms with van der Waals surface area (Å²) in [6.45, 7) is 8.10. The van der Waals surface area contributed by atoms with E-state index in [9.17, 15) is 4.79 Å². The van der Waals surface area contributed by atoms with Crippen molar-refractivity contribution in [2.75, 3.05) is 0 Å². The molecular formula is C13H18OS. The Hall–Kier alpha value is -0.760. The number of thioether (sulfide) groups is 1. The number of aryl methyl sites for hydroxylation is 2. The molecule has 0 fully saturated rings. The van der Waals surface area contributed by atoms with E-state index in [1.54, 1.807) is 11.8 Å². The maximum Gasteiger partial charge on any atom is 0.145 e. The van der Waals surface area contributed by atoms with Crippen molar-refractivity contribution < 1.29 is 4.79 Å².